The summed E-state index contributed by atoms with van der Waals surface area (Å²) in [6.07, 6.45) is 5.21. The van der Waals surface area contributed by atoms with E-state index >= 15 is 0 Å². The number of pyridine rings is 1. The van der Waals surface area contributed by atoms with Gasteiger partial charge in [0, 0.05) is 24.4 Å². The monoisotopic (exact) mass is 292 g/mol. The molecule has 0 aliphatic heterocycles. The number of nitrogens with zero attached hydrogens (tertiary/aromatic N) is 3. The van der Waals surface area contributed by atoms with Gasteiger partial charge in [0.15, 0.2) is 11.5 Å². The number of aromatic nitrogens is 3. The average Bonchev–Trinajstić information content (AvgIpc) is 3.10. The lowest BCUT2D eigenvalue weighted by molar-refractivity contribution is 0.102. The number of carbonyl (C=O) groups excluding carboxylic acids is 1. The second-order valence-electron chi connectivity index (χ2n) is 5.01. The summed E-state index contributed by atoms with van der Waals surface area (Å²) in [4.78, 5) is 20.6. The van der Waals surface area contributed by atoms with Gasteiger partial charge in [0.25, 0.3) is 5.91 Å². The Morgan fingerprint density at radius 2 is 2.18 bits per heavy atom. The minimum absolute atomic E-state index is 0.178. The van der Waals surface area contributed by atoms with E-state index < -0.39 is 0 Å². The molecule has 6 heteroatoms. The summed E-state index contributed by atoms with van der Waals surface area (Å²) in [5, 5.41) is 2.87. The van der Waals surface area contributed by atoms with Gasteiger partial charge in [-0.3, -0.25) is 4.79 Å². The van der Waals surface area contributed by atoms with Crippen LogP contribution >= 0.6 is 0 Å². The third-order valence-corrected chi connectivity index (χ3v) is 3.43. The number of aryl methyl sites for hydroxylation is 1. The van der Waals surface area contributed by atoms with E-state index in [1.54, 1.807) is 56.0 Å². The summed E-state index contributed by atoms with van der Waals surface area (Å²) >= 11 is 0. The van der Waals surface area contributed by atoms with Crippen LogP contribution in [0.1, 0.15) is 16.2 Å². The Morgan fingerprint density at radius 1 is 1.27 bits per heavy atom. The minimum Gasteiger partial charge on any atom is -0.441 e. The molecular weight excluding hydrogens is 280 g/mol. The Kier molecular flexibility index (Phi) is 2.69. The van der Waals surface area contributed by atoms with E-state index in [0.717, 1.165) is 11.0 Å². The first-order chi connectivity index (χ1) is 10.7. The fraction of sp³-hybridized carbons (Fsp3) is 0.0625. The van der Waals surface area contributed by atoms with Gasteiger partial charge in [0.2, 0.25) is 0 Å². The van der Waals surface area contributed by atoms with E-state index in [2.05, 4.69) is 15.3 Å². The van der Waals surface area contributed by atoms with Gasteiger partial charge in [0.1, 0.15) is 5.52 Å². The van der Waals surface area contributed by atoms with E-state index in [1.807, 2.05) is 4.40 Å². The van der Waals surface area contributed by atoms with Crippen molar-refractivity contribution in [2.45, 2.75) is 6.92 Å². The van der Waals surface area contributed by atoms with Crippen molar-refractivity contribution in [1.82, 2.24) is 14.4 Å². The number of hydrogen-bond acceptors (Lipinski definition) is 4. The van der Waals surface area contributed by atoms with E-state index in [1.165, 1.54) is 0 Å². The standard InChI is InChI=1S/C16H12N4O2/c1-10-18-14-7-12(2-3-15(14)22-10)19-16(21)11-4-5-20-9-17-8-13(20)6-11/h2-9H,1H3,(H,19,21). The van der Waals surface area contributed by atoms with E-state index in [-0.39, 0.29) is 5.91 Å². The van der Waals surface area contributed by atoms with Crippen LogP contribution in [0.15, 0.2) is 53.5 Å². The van der Waals surface area contributed by atoms with Crippen LogP contribution < -0.4 is 5.32 Å². The fourth-order valence-electron chi connectivity index (χ4n) is 2.38. The Labute approximate surface area is 125 Å². The normalized spacial score (nSPS) is 11.1. The summed E-state index contributed by atoms with van der Waals surface area (Å²) in [5.74, 6) is 0.424. The number of hydrogen-bond donors (Lipinski definition) is 1. The molecule has 0 atom stereocenters. The zero-order valence-corrected chi connectivity index (χ0v) is 11.8. The highest BCUT2D eigenvalue weighted by Gasteiger charge is 2.09. The SMILES string of the molecule is Cc1nc2cc(NC(=O)c3ccn4cncc4c3)ccc2o1. The van der Waals surface area contributed by atoms with Crippen molar-refractivity contribution in [3.05, 3.63) is 60.5 Å². The van der Waals surface area contributed by atoms with E-state index in [0.29, 0.717) is 22.7 Å². The van der Waals surface area contributed by atoms with Gasteiger partial charge in [-0.1, -0.05) is 0 Å². The highest BCUT2D eigenvalue weighted by Crippen LogP contribution is 2.20. The maximum Gasteiger partial charge on any atom is 0.255 e. The molecule has 0 fully saturated rings. The van der Waals surface area contributed by atoms with Gasteiger partial charge in [-0.25, -0.2) is 9.97 Å². The molecule has 0 bridgehead atoms. The fourth-order valence-corrected chi connectivity index (χ4v) is 2.38. The Morgan fingerprint density at radius 3 is 3.09 bits per heavy atom. The highest BCUT2D eigenvalue weighted by atomic mass is 16.3. The van der Waals surface area contributed by atoms with Crippen LogP contribution in [0, 0.1) is 6.92 Å². The minimum atomic E-state index is -0.178. The van der Waals surface area contributed by atoms with Crippen LogP contribution in [0.5, 0.6) is 0 Å². The third kappa shape index (κ3) is 2.10. The topological polar surface area (TPSA) is 72.4 Å². The molecule has 0 radical (unpaired) electrons. The molecule has 4 aromatic rings. The van der Waals surface area contributed by atoms with Crippen LogP contribution in [-0.2, 0) is 0 Å². The first kappa shape index (κ1) is 12.6. The Hall–Kier alpha value is -3.15. The second-order valence-corrected chi connectivity index (χ2v) is 5.01. The molecule has 22 heavy (non-hydrogen) atoms. The summed E-state index contributed by atoms with van der Waals surface area (Å²) in [6.45, 7) is 1.79. The van der Waals surface area contributed by atoms with Crippen LogP contribution in [0.2, 0.25) is 0 Å². The van der Waals surface area contributed by atoms with Crippen molar-refractivity contribution in [1.29, 1.82) is 0 Å². The van der Waals surface area contributed by atoms with Gasteiger partial charge in [0.05, 0.1) is 18.0 Å². The number of carbonyl (C=O) groups is 1. The second kappa shape index (κ2) is 4.70. The number of amides is 1. The van der Waals surface area contributed by atoms with Gasteiger partial charge < -0.3 is 14.1 Å². The quantitative estimate of drug-likeness (QED) is 0.616. The summed E-state index contributed by atoms with van der Waals surface area (Å²) in [7, 11) is 0. The number of fused-ring (bicyclic) bond motifs is 2. The lowest BCUT2D eigenvalue weighted by atomic mass is 10.2. The maximum atomic E-state index is 12.3. The molecule has 108 valence electrons. The molecule has 1 N–H and O–H groups in total. The van der Waals surface area contributed by atoms with E-state index in [9.17, 15) is 4.79 Å². The van der Waals surface area contributed by atoms with Crippen molar-refractivity contribution in [3.8, 4) is 0 Å². The number of rotatable bonds is 2. The largest absolute Gasteiger partial charge is 0.441 e. The first-order valence-corrected chi connectivity index (χ1v) is 6.79. The molecule has 0 spiro atoms. The number of oxazole rings is 1. The molecule has 0 saturated carbocycles. The van der Waals surface area contributed by atoms with Crippen molar-refractivity contribution < 1.29 is 9.21 Å². The molecule has 1 amide bonds. The maximum absolute atomic E-state index is 12.3. The molecule has 0 unspecified atom stereocenters. The third-order valence-electron chi connectivity index (χ3n) is 3.43. The van der Waals surface area contributed by atoms with Crippen molar-refractivity contribution in [2.75, 3.05) is 5.32 Å². The summed E-state index contributed by atoms with van der Waals surface area (Å²) in [6, 6.07) is 8.93. The summed E-state index contributed by atoms with van der Waals surface area (Å²) in [5.41, 5.74) is 3.55. The molecule has 0 saturated heterocycles. The first-order valence-electron chi connectivity index (χ1n) is 6.79. The summed E-state index contributed by atoms with van der Waals surface area (Å²) < 4.78 is 7.27. The predicted molar refractivity (Wildman–Crippen MR) is 81.9 cm³/mol. The number of benzene rings is 1. The highest BCUT2D eigenvalue weighted by molar-refractivity contribution is 6.05. The smallest absolute Gasteiger partial charge is 0.255 e. The van der Waals surface area contributed by atoms with Crippen LogP contribution in [-0.4, -0.2) is 20.3 Å². The molecule has 0 aliphatic carbocycles. The molecule has 4 rings (SSSR count). The van der Waals surface area contributed by atoms with Crippen molar-refractivity contribution in [2.24, 2.45) is 0 Å². The van der Waals surface area contributed by atoms with Gasteiger partial charge in [-0.2, -0.15) is 0 Å². The molecular formula is C16H12N4O2. The molecule has 3 aromatic heterocycles. The van der Waals surface area contributed by atoms with Gasteiger partial charge in [-0.05, 0) is 30.3 Å². The Bertz CT molecular complexity index is 1000. The van der Waals surface area contributed by atoms with Crippen LogP contribution in [0.25, 0.3) is 16.6 Å². The van der Waals surface area contributed by atoms with Crippen LogP contribution in [0.3, 0.4) is 0 Å². The van der Waals surface area contributed by atoms with Crippen molar-refractivity contribution >= 4 is 28.2 Å². The number of nitrogens with one attached hydrogen (secondary N) is 1. The lowest BCUT2D eigenvalue weighted by Crippen LogP contribution is -2.12. The zero-order chi connectivity index (χ0) is 15.1. The van der Waals surface area contributed by atoms with Crippen LogP contribution in [0.4, 0.5) is 5.69 Å². The number of anilines is 1. The predicted octanol–water partition coefficient (Wildman–Crippen LogP) is 3.04. The molecule has 6 nitrogen and oxygen atoms in total. The van der Waals surface area contributed by atoms with Gasteiger partial charge in [-0.15, -0.1) is 0 Å². The average molecular weight is 292 g/mol. The Balaban J connectivity index is 1.64. The van der Waals surface area contributed by atoms with Gasteiger partial charge >= 0.3 is 0 Å². The van der Waals surface area contributed by atoms with Crippen molar-refractivity contribution in [3.63, 3.8) is 0 Å². The molecule has 0 aliphatic rings. The molecule has 3 heterocycles. The molecule has 1 aromatic carbocycles. The number of imidazole rings is 1. The lowest BCUT2D eigenvalue weighted by Gasteiger charge is -2.05. The zero-order valence-electron chi connectivity index (χ0n) is 11.8. The van der Waals surface area contributed by atoms with E-state index in [4.69, 9.17) is 4.42 Å².